The number of hydrogen-bond acceptors (Lipinski definition) is 5. The number of ether oxygens (including phenoxy) is 2. The smallest absolute Gasteiger partial charge is 0.258 e. The number of methoxy groups -OCH3 is 1. The van der Waals surface area contributed by atoms with E-state index in [1.54, 1.807) is 19.2 Å². The van der Waals surface area contributed by atoms with Crippen molar-refractivity contribution in [3.05, 3.63) is 119 Å². The van der Waals surface area contributed by atoms with Crippen LogP contribution in [0.1, 0.15) is 54.0 Å². The van der Waals surface area contributed by atoms with Gasteiger partial charge in [0.1, 0.15) is 24.3 Å². The number of anilines is 2. The van der Waals surface area contributed by atoms with E-state index in [0.29, 0.717) is 29.3 Å². The van der Waals surface area contributed by atoms with Crippen LogP contribution in [0.2, 0.25) is 0 Å². The van der Waals surface area contributed by atoms with Gasteiger partial charge in [0.2, 0.25) is 5.91 Å². The van der Waals surface area contributed by atoms with E-state index in [4.69, 9.17) is 9.47 Å². The van der Waals surface area contributed by atoms with E-state index < -0.39 is 0 Å². The van der Waals surface area contributed by atoms with Crippen LogP contribution >= 0.6 is 0 Å². The SMILES string of the molecule is CC.COc1ccc(C2Nc3ccccc3C(=O)N2Cc2ccccc2)cc1COc1ccc(NC(C)=O)cc1. The molecule has 1 aliphatic heterocycles. The van der Waals surface area contributed by atoms with Gasteiger partial charge >= 0.3 is 0 Å². The third-order valence-corrected chi connectivity index (χ3v) is 6.41. The van der Waals surface area contributed by atoms with Gasteiger partial charge in [-0.25, -0.2) is 0 Å². The van der Waals surface area contributed by atoms with Gasteiger partial charge in [0, 0.05) is 30.4 Å². The number of fused-ring (bicyclic) bond motifs is 1. The van der Waals surface area contributed by atoms with Gasteiger partial charge in [0.05, 0.1) is 12.7 Å². The topological polar surface area (TPSA) is 79.9 Å². The standard InChI is InChI=1S/C31H29N3O4.C2H6/c1-21(35)32-25-13-15-26(16-14-25)38-20-24-18-23(12-17-29(24)37-2)30-33-28-11-7-6-10-27(28)31(36)34(30)19-22-8-4-3-5-9-22;1-2/h3-18,30,33H,19-20H2,1-2H3,(H,32,35);1-2H3. The first-order valence-corrected chi connectivity index (χ1v) is 13.4. The molecular weight excluding hydrogens is 502 g/mol. The first-order chi connectivity index (χ1) is 19.5. The molecule has 1 aliphatic rings. The zero-order valence-corrected chi connectivity index (χ0v) is 23.3. The Morgan fingerprint density at radius 1 is 0.925 bits per heavy atom. The maximum atomic E-state index is 13.6. The Hall–Kier alpha value is -4.78. The van der Waals surface area contributed by atoms with Gasteiger partial charge in [0.15, 0.2) is 0 Å². The summed E-state index contributed by atoms with van der Waals surface area (Å²) in [5.74, 6) is 1.21. The third kappa shape index (κ3) is 6.61. The number of nitrogens with one attached hydrogen (secondary N) is 2. The molecule has 7 heteroatoms. The molecule has 0 aliphatic carbocycles. The predicted octanol–water partition coefficient (Wildman–Crippen LogP) is 7.03. The number of rotatable bonds is 8. The molecule has 1 heterocycles. The molecule has 1 unspecified atom stereocenters. The van der Waals surface area contributed by atoms with Crippen molar-refractivity contribution >= 4 is 23.2 Å². The summed E-state index contributed by atoms with van der Waals surface area (Å²) in [6, 6.07) is 30.6. The quantitative estimate of drug-likeness (QED) is 0.252. The lowest BCUT2D eigenvalue weighted by Crippen LogP contribution is -2.42. The molecule has 0 bridgehead atoms. The summed E-state index contributed by atoms with van der Waals surface area (Å²) in [5, 5.41) is 6.31. The van der Waals surface area contributed by atoms with Crippen LogP contribution in [0.4, 0.5) is 11.4 Å². The molecule has 5 rings (SSSR count). The monoisotopic (exact) mass is 537 g/mol. The second-order valence-corrected chi connectivity index (χ2v) is 9.08. The largest absolute Gasteiger partial charge is 0.496 e. The molecule has 2 amide bonds. The second-order valence-electron chi connectivity index (χ2n) is 9.08. The summed E-state index contributed by atoms with van der Waals surface area (Å²) in [5.41, 5.74) is 4.98. The molecule has 0 aromatic heterocycles. The molecule has 0 radical (unpaired) electrons. The molecule has 0 spiro atoms. The Kier molecular flexibility index (Phi) is 9.41. The Balaban J connectivity index is 0.00000181. The molecule has 1 atom stereocenters. The van der Waals surface area contributed by atoms with E-state index in [9.17, 15) is 9.59 Å². The lowest BCUT2D eigenvalue weighted by molar-refractivity contribution is -0.114. The van der Waals surface area contributed by atoms with Crippen molar-refractivity contribution in [3.8, 4) is 11.5 Å². The normalized spacial score (nSPS) is 13.8. The summed E-state index contributed by atoms with van der Waals surface area (Å²) >= 11 is 0. The van der Waals surface area contributed by atoms with Crippen molar-refractivity contribution in [3.63, 3.8) is 0 Å². The number of hydrogen-bond donors (Lipinski definition) is 2. The van der Waals surface area contributed by atoms with E-state index >= 15 is 0 Å². The fourth-order valence-corrected chi connectivity index (χ4v) is 4.58. The average molecular weight is 538 g/mol. The maximum Gasteiger partial charge on any atom is 0.258 e. The highest BCUT2D eigenvalue weighted by molar-refractivity contribution is 6.01. The van der Waals surface area contributed by atoms with Crippen molar-refractivity contribution in [1.29, 1.82) is 0 Å². The number of carbonyl (C=O) groups is 2. The van der Waals surface area contributed by atoms with Crippen molar-refractivity contribution < 1.29 is 19.1 Å². The van der Waals surface area contributed by atoms with Crippen molar-refractivity contribution in [2.75, 3.05) is 17.7 Å². The second kappa shape index (κ2) is 13.3. The van der Waals surface area contributed by atoms with E-state index in [0.717, 1.165) is 22.4 Å². The highest BCUT2D eigenvalue weighted by atomic mass is 16.5. The van der Waals surface area contributed by atoms with Gasteiger partial charge in [-0.05, 0) is 59.7 Å². The van der Waals surface area contributed by atoms with Crippen molar-refractivity contribution in [2.45, 2.75) is 40.1 Å². The lowest BCUT2D eigenvalue weighted by Gasteiger charge is -2.38. The molecule has 4 aromatic carbocycles. The molecular formula is C33H35N3O4. The van der Waals surface area contributed by atoms with Crippen LogP contribution in [0, 0.1) is 0 Å². The van der Waals surface area contributed by atoms with Crippen molar-refractivity contribution in [2.24, 2.45) is 0 Å². The van der Waals surface area contributed by atoms with Crippen LogP contribution in [-0.4, -0.2) is 23.8 Å². The lowest BCUT2D eigenvalue weighted by atomic mass is 10.0. The summed E-state index contributed by atoms with van der Waals surface area (Å²) < 4.78 is 11.7. The molecule has 40 heavy (non-hydrogen) atoms. The van der Waals surface area contributed by atoms with Crippen LogP contribution in [0.15, 0.2) is 97.1 Å². The highest BCUT2D eigenvalue weighted by Crippen LogP contribution is 2.36. The van der Waals surface area contributed by atoms with Crippen molar-refractivity contribution in [1.82, 2.24) is 4.90 Å². The third-order valence-electron chi connectivity index (χ3n) is 6.41. The van der Waals surface area contributed by atoms with E-state index in [1.807, 2.05) is 104 Å². The zero-order chi connectivity index (χ0) is 28.5. The number of benzene rings is 4. The average Bonchev–Trinajstić information content (AvgIpc) is 2.99. The fourth-order valence-electron chi connectivity index (χ4n) is 4.58. The Morgan fingerprint density at radius 3 is 2.33 bits per heavy atom. The van der Waals surface area contributed by atoms with Crippen LogP contribution in [0.3, 0.4) is 0 Å². The maximum absolute atomic E-state index is 13.6. The first kappa shape index (κ1) is 28.2. The van der Waals surface area contributed by atoms with Crippen LogP contribution < -0.4 is 20.1 Å². The summed E-state index contributed by atoms with van der Waals surface area (Å²) in [4.78, 5) is 26.8. The van der Waals surface area contributed by atoms with E-state index in [1.165, 1.54) is 6.92 Å². The molecule has 206 valence electrons. The predicted molar refractivity (Wildman–Crippen MR) is 159 cm³/mol. The molecule has 0 saturated heterocycles. The van der Waals surface area contributed by atoms with Gasteiger partial charge in [-0.2, -0.15) is 0 Å². The first-order valence-electron chi connectivity index (χ1n) is 13.4. The van der Waals surface area contributed by atoms with Crippen LogP contribution in [0.5, 0.6) is 11.5 Å². The number of nitrogens with zero attached hydrogens (tertiary/aromatic N) is 1. The minimum Gasteiger partial charge on any atom is -0.496 e. The minimum atomic E-state index is -0.376. The molecule has 4 aromatic rings. The van der Waals surface area contributed by atoms with Crippen LogP contribution in [-0.2, 0) is 17.9 Å². The molecule has 7 nitrogen and oxygen atoms in total. The molecule has 2 N–H and O–H groups in total. The molecule has 0 saturated carbocycles. The van der Waals surface area contributed by atoms with Gasteiger partial charge in [0.25, 0.3) is 5.91 Å². The van der Waals surface area contributed by atoms with E-state index in [-0.39, 0.29) is 24.6 Å². The Morgan fingerprint density at radius 2 is 1.62 bits per heavy atom. The summed E-state index contributed by atoms with van der Waals surface area (Å²) in [7, 11) is 1.63. The fraction of sp³-hybridized carbons (Fsp3) is 0.212. The number of carbonyl (C=O) groups excluding carboxylic acids is 2. The summed E-state index contributed by atoms with van der Waals surface area (Å²) in [6.07, 6.45) is -0.376. The van der Waals surface area contributed by atoms with Gasteiger partial charge in [-0.3, -0.25) is 9.59 Å². The Labute approximate surface area is 235 Å². The van der Waals surface area contributed by atoms with Gasteiger partial charge in [-0.15, -0.1) is 0 Å². The number of amides is 2. The highest BCUT2D eigenvalue weighted by Gasteiger charge is 2.33. The zero-order valence-electron chi connectivity index (χ0n) is 23.3. The molecule has 0 fully saturated rings. The minimum absolute atomic E-state index is 0.0268. The van der Waals surface area contributed by atoms with Gasteiger partial charge < -0.3 is 25.0 Å². The number of para-hydroxylation sites is 1. The Bertz CT molecular complexity index is 1440. The summed E-state index contributed by atoms with van der Waals surface area (Å²) in [6.45, 7) is 6.20. The van der Waals surface area contributed by atoms with E-state index in [2.05, 4.69) is 10.6 Å². The van der Waals surface area contributed by atoms with Gasteiger partial charge in [-0.1, -0.05) is 62.4 Å². The van der Waals surface area contributed by atoms with Crippen LogP contribution in [0.25, 0.3) is 0 Å².